The van der Waals surface area contributed by atoms with Crippen LogP contribution in [0.1, 0.15) is 39.7 Å². The molecule has 0 saturated carbocycles. The maximum absolute atomic E-state index is 13.0. The summed E-state index contributed by atoms with van der Waals surface area (Å²) in [5.74, 6) is -5.82. The molecule has 0 fully saturated rings. The average molecular weight is 518 g/mol. The second-order valence-corrected chi connectivity index (χ2v) is 9.63. The van der Waals surface area contributed by atoms with Crippen LogP contribution in [0, 0.1) is 11.8 Å². The summed E-state index contributed by atoms with van der Waals surface area (Å²) in [6.07, 6.45) is 1.13. The summed E-state index contributed by atoms with van der Waals surface area (Å²) in [6, 6.07) is 2.53. The Bertz CT molecular complexity index is 1140. The first-order valence-electron chi connectivity index (χ1n) is 12.0. The van der Waals surface area contributed by atoms with Gasteiger partial charge >= 0.3 is 11.9 Å². The largest absolute Gasteiger partial charge is 0.481 e. The van der Waals surface area contributed by atoms with E-state index in [1.807, 2.05) is 24.3 Å². The molecular formula is C25H35N5O7. The maximum atomic E-state index is 13.0. The molecule has 12 heteroatoms. The average Bonchev–Trinajstić information content (AvgIpc) is 3.21. The molecule has 0 saturated heterocycles. The first kappa shape index (κ1) is 29.3. The van der Waals surface area contributed by atoms with E-state index >= 15 is 0 Å². The summed E-state index contributed by atoms with van der Waals surface area (Å²) < 4.78 is 0. The molecule has 0 aliphatic heterocycles. The van der Waals surface area contributed by atoms with Crippen LogP contribution in [0.3, 0.4) is 0 Å². The van der Waals surface area contributed by atoms with Gasteiger partial charge in [-0.2, -0.15) is 0 Å². The number of hydrogen-bond donors (Lipinski definition) is 7. The van der Waals surface area contributed by atoms with Crippen molar-refractivity contribution in [2.24, 2.45) is 17.6 Å². The van der Waals surface area contributed by atoms with Crippen LogP contribution in [0.15, 0.2) is 30.5 Å². The maximum Gasteiger partial charge on any atom is 0.326 e. The van der Waals surface area contributed by atoms with Gasteiger partial charge in [0, 0.05) is 17.1 Å². The number of aromatic nitrogens is 1. The van der Waals surface area contributed by atoms with E-state index in [4.69, 9.17) is 5.73 Å². The zero-order chi connectivity index (χ0) is 27.9. The first-order chi connectivity index (χ1) is 17.3. The minimum Gasteiger partial charge on any atom is -0.481 e. The number of aromatic amines is 1. The highest BCUT2D eigenvalue weighted by Crippen LogP contribution is 2.19. The standard InChI is InChI=1S/C25H35N5O7/c1-12(2)20(24(35)30-21(13(3)4)25(36)37)29-23(34)18(10-19(31)32)28-22(33)16(26)9-14-11-27-17-8-6-5-7-15(14)17/h5-8,11-13,16,18,20-21,27H,9-10,26H2,1-4H3,(H,28,33)(H,29,34)(H,30,35)(H,31,32)(H,36,37). The van der Waals surface area contributed by atoms with E-state index in [1.165, 1.54) is 0 Å². The van der Waals surface area contributed by atoms with E-state index in [0.29, 0.717) is 0 Å². The van der Waals surface area contributed by atoms with Gasteiger partial charge in [0.1, 0.15) is 18.1 Å². The van der Waals surface area contributed by atoms with E-state index in [2.05, 4.69) is 20.9 Å². The van der Waals surface area contributed by atoms with Crippen molar-refractivity contribution in [1.29, 1.82) is 0 Å². The molecule has 12 nitrogen and oxygen atoms in total. The zero-order valence-electron chi connectivity index (χ0n) is 21.3. The molecule has 3 amide bonds. The second-order valence-electron chi connectivity index (χ2n) is 9.63. The van der Waals surface area contributed by atoms with Gasteiger partial charge < -0.3 is 36.9 Å². The van der Waals surface area contributed by atoms with Crippen LogP contribution in [0.4, 0.5) is 0 Å². The van der Waals surface area contributed by atoms with Crippen molar-refractivity contribution < 1.29 is 34.2 Å². The monoisotopic (exact) mass is 517 g/mol. The Labute approximate surface area is 214 Å². The van der Waals surface area contributed by atoms with E-state index in [0.717, 1.165) is 16.5 Å². The number of benzene rings is 1. The highest BCUT2D eigenvalue weighted by Gasteiger charge is 2.33. The summed E-state index contributed by atoms with van der Waals surface area (Å²) in [5, 5.41) is 26.8. The van der Waals surface area contributed by atoms with Crippen LogP contribution in [0.25, 0.3) is 10.9 Å². The Morgan fingerprint density at radius 1 is 0.865 bits per heavy atom. The zero-order valence-corrected chi connectivity index (χ0v) is 21.3. The number of rotatable bonds is 13. The number of carbonyl (C=O) groups is 5. The molecule has 2 rings (SSSR count). The minimum atomic E-state index is -1.51. The molecular weight excluding hydrogens is 482 g/mol. The molecule has 37 heavy (non-hydrogen) atoms. The Balaban J connectivity index is 2.12. The fraction of sp³-hybridized carbons (Fsp3) is 0.480. The summed E-state index contributed by atoms with van der Waals surface area (Å²) in [7, 11) is 0. The lowest BCUT2D eigenvalue weighted by Gasteiger charge is -2.27. The molecule has 1 aromatic heterocycles. The number of carbonyl (C=O) groups excluding carboxylic acids is 3. The molecule has 4 unspecified atom stereocenters. The first-order valence-corrected chi connectivity index (χ1v) is 12.0. The van der Waals surface area contributed by atoms with Crippen LogP contribution in [-0.2, 0) is 30.4 Å². The van der Waals surface area contributed by atoms with Crippen molar-refractivity contribution in [3.8, 4) is 0 Å². The molecule has 202 valence electrons. The number of para-hydroxylation sites is 1. The highest BCUT2D eigenvalue weighted by molar-refractivity contribution is 5.96. The topological polar surface area (TPSA) is 204 Å². The Kier molecular flexibility index (Phi) is 10.2. The quantitative estimate of drug-likeness (QED) is 0.197. The Morgan fingerprint density at radius 2 is 1.46 bits per heavy atom. The van der Waals surface area contributed by atoms with Gasteiger partial charge in [0.15, 0.2) is 0 Å². The lowest BCUT2D eigenvalue weighted by molar-refractivity contribution is -0.144. The van der Waals surface area contributed by atoms with Crippen molar-refractivity contribution >= 4 is 40.6 Å². The molecule has 0 aliphatic carbocycles. The molecule has 0 bridgehead atoms. The lowest BCUT2D eigenvalue weighted by atomic mass is 9.99. The van der Waals surface area contributed by atoms with Crippen LogP contribution < -0.4 is 21.7 Å². The number of amides is 3. The van der Waals surface area contributed by atoms with Crippen LogP contribution in [0.2, 0.25) is 0 Å². The van der Waals surface area contributed by atoms with Gasteiger partial charge in [-0.1, -0.05) is 45.9 Å². The number of aliphatic carboxylic acids is 2. The summed E-state index contributed by atoms with van der Waals surface area (Å²) in [6.45, 7) is 6.52. The predicted octanol–water partition coefficient (Wildman–Crippen LogP) is 0.363. The highest BCUT2D eigenvalue weighted by atomic mass is 16.4. The summed E-state index contributed by atoms with van der Waals surface area (Å²) in [4.78, 5) is 64.5. The Morgan fingerprint density at radius 3 is 2.03 bits per heavy atom. The molecule has 2 aromatic rings. The number of fused-ring (bicyclic) bond motifs is 1. The molecule has 0 radical (unpaired) electrons. The van der Waals surface area contributed by atoms with E-state index < -0.39 is 72.1 Å². The van der Waals surface area contributed by atoms with Crippen molar-refractivity contribution in [2.45, 2.75) is 64.7 Å². The van der Waals surface area contributed by atoms with Crippen molar-refractivity contribution in [2.75, 3.05) is 0 Å². The molecule has 1 aromatic carbocycles. The van der Waals surface area contributed by atoms with Gasteiger partial charge in [-0.3, -0.25) is 19.2 Å². The molecule has 0 spiro atoms. The SMILES string of the molecule is CC(C)C(NC(=O)C(NC(=O)C(CC(=O)O)NC(=O)C(N)Cc1c[nH]c2ccccc12)C(C)C)C(=O)O. The van der Waals surface area contributed by atoms with Gasteiger partial charge in [-0.25, -0.2) is 4.79 Å². The third kappa shape index (κ3) is 8.04. The fourth-order valence-corrected chi connectivity index (χ4v) is 3.84. The van der Waals surface area contributed by atoms with Gasteiger partial charge in [0.25, 0.3) is 0 Å². The summed E-state index contributed by atoms with van der Waals surface area (Å²) in [5.41, 5.74) is 7.72. The van der Waals surface area contributed by atoms with Gasteiger partial charge in [-0.05, 0) is 29.9 Å². The summed E-state index contributed by atoms with van der Waals surface area (Å²) >= 11 is 0. The predicted molar refractivity (Wildman–Crippen MR) is 135 cm³/mol. The third-order valence-corrected chi connectivity index (χ3v) is 5.94. The van der Waals surface area contributed by atoms with Crippen LogP contribution in [-0.4, -0.2) is 69.0 Å². The number of H-pyrrole nitrogens is 1. The smallest absolute Gasteiger partial charge is 0.326 e. The molecule has 1 heterocycles. The Hall–Kier alpha value is -3.93. The molecule has 8 N–H and O–H groups in total. The van der Waals surface area contributed by atoms with Gasteiger partial charge in [0.05, 0.1) is 12.5 Å². The van der Waals surface area contributed by atoms with E-state index in [1.54, 1.807) is 33.9 Å². The van der Waals surface area contributed by atoms with Gasteiger partial charge in [0.2, 0.25) is 17.7 Å². The number of nitrogens with one attached hydrogen (secondary N) is 4. The van der Waals surface area contributed by atoms with Crippen molar-refractivity contribution in [3.05, 3.63) is 36.0 Å². The van der Waals surface area contributed by atoms with Gasteiger partial charge in [-0.15, -0.1) is 0 Å². The molecule has 4 atom stereocenters. The molecule has 0 aliphatic rings. The third-order valence-electron chi connectivity index (χ3n) is 5.94. The number of hydrogen-bond acceptors (Lipinski definition) is 6. The lowest BCUT2D eigenvalue weighted by Crippen LogP contribution is -2.59. The van der Waals surface area contributed by atoms with E-state index in [9.17, 15) is 34.2 Å². The minimum absolute atomic E-state index is 0.139. The number of carboxylic acids is 2. The van der Waals surface area contributed by atoms with E-state index in [-0.39, 0.29) is 6.42 Å². The van der Waals surface area contributed by atoms with Crippen molar-refractivity contribution in [3.63, 3.8) is 0 Å². The van der Waals surface area contributed by atoms with Crippen LogP contribution >= 0.6 is 0 Å². The normalized spacial score (nSPS) is 14.6. The number of carboxylic acid groups (broad SMARTS) is 2. The fourth-order valence-electron chi connectivity index (χ4n) is 3.84. The van der Waals surface area contributed by atoms with Crippen LogP contribution in [0.5, 0.6) is 0 Å². The second kappa shape index (κ2) is 12.9. The van der Waals surface area contributed by atoms with Crippen molar-refractivity contribution in [1.82, 2.24) is 20.9 Å². The number of nitrogens with two attached hydrogens (primary N) is 1.